The fraction of sp³-hybridized carbons (Fsp3) is 0.600. The van der Waals surface area contributed by atoms with E-state index in [0.29, 0.717) is 0 Å². The van der Waals surface area contributed by atoms with Gasteiger partial charge in [-0.2, -0.15) is 0 Å². The van der Waals surface area contributed by atoms with Gasteiger partial charge in [-0.1, -0.05) is 24.6 Å². The number of aliphatic hydroxyl groups excluding tert-OH is 1. The van der Waals surface area contributed by atoms with E-state index in [9.17, 15) is 5.11 Å². The maximum atomic E-state index is 9.19. The largest absolute Gasteiger partial charge is 0.493 e. The Balaban J connectivity index is 1.68. The van der Waals surface area contributed by atoms with Gasteiger partial charge in [0.25, 0.3) is 0 Å². The first kappa shape index (κ1) is 13.4. The van der Waals surface area contributed by atoms with Gasteiger partial charge >= 0.3 is 0 Å². The van der Waals surface area contributed by atoms with Crippen molar-refractivity contribution >= 4 is 0 Å². The number of aliphatic hydroxyl groups is 1. The molecule has 1 aromatic rings. The van der Waals surface area contributed by atoms with Crippen LogP contribution in [0.1, 0.15) is 31.2 Å². The van der Waals surface area contributed by atoms with Gasteiger partial charge in [-0.25, -0.2) is 0 Å². The van der Waals surface area contributed by atoms with Crippen LogP contribution in [0.4, 0.5) is 0 Å². The second kappa shape index (κ2) is 7.39. The molecular formula is C15H23NO2. The average molecular weight is 249 g/mol. The summed E-state index contributed by atoms with van der Waals surface area (Å²) in [4.78, 5) is 2.52. The monoisotopic (exact) mass is 249 g/mol. The van der Waals surface area contributed by atoms with Crippen LogP contribution < -0.4 is 4.74 Å². The van der Waals surface area contributed by atoms with Crippen LogP contribution in [0.5, 0.6) is 5.75 Å². The lowest BCUT2D eigenvalue weighted by molar-refractivity contribution is 0.202. The Morgan fingerprint density at radius 1 is 1.11 bits per heavy atom. The summed E-state index contributed by atoms with van der Waals surface area (Å²) < 4.78 is 5.73. The molecule has 1 aliphatic rings. The van der Waals surface area contributed by atoms with Crippen molar-refractivity contribution in [3.05, 3.63) is 29.8 Å². The van der Waals surface area contributed by atoms with Crippen molar-refractivity contribution in [2.24, 2.45) is 0 Å². The van der Waals surface area contributed by atoms with Gasteiger partial charge < -0.3 is 14.7 Å². The third-order valence-electron chi connectivity index (χ3n) is 3.47. The Hall–Kier alpha value is -1.06. The van der Waals surface area contributed by atoms with Gasteiger partial charge in [-0.05, 0) is 38.4 Å². The zero-order valence-corrected chi connectivity index (χ0v) is 11.0. The van der Waals surface area contributed by atoms with E-state index in [0.717, 1.165) is 30.9 Å². The zero-order chi connectivity index (χ0) is 12.6. The Morgan fingerprint density at radius 2 is 1.89 bits per heavy atom. The third-order valence-corrected chi connectivity index (χ3v) is 3.47. The van der Waals surface area contributed by atoms with E-state index in [1.807, 2.05) is 24.3 Å². The number of ether oxygens (including phenoxy) is 1. The first-order valence-electron chi connectivity index (χ1n) is 6.94. The molecule has 1 saturated heterocycles. The van der Waals surface area contributed by atoms with E-state index in [4.69, 9.17) is 4.74 Å². The predicted molar refractivity (Wildman–Crippen MR) is 72.8 cm³/mol. The highest BCUT2D eigenvalue weighted by molar-refractivity contribution is 5.32. The second-order valence-corrected chi connectivity index (χ2v) is 4.87. The molecule has 1 aliphatic heterocycles. The van der Waals surface area contributed by atoms with E-state index < -0.39 is 0 Å². The third kappa shape index (κ3) is 4.00. The van der Waals surface area contributed by atoms with Crippen molar-refractivity contribution in [3.63, 3.8) is 0 Å². The van der Waals surface area contributed by atoms with Gasteiger partial charge in [-0.3, -0.25) is 0 Å². The maximum Gasteiger partial charge on any atom is 0.124 e. The minimum absolute atomic E-state index is 0.0439. The molecule has 100 valence electrons. The number of hydrogen-bond donors (Lipinski definition) is 1. The molecular weight excluding hydrogens is 226 g/mol. The number of hydrogen-bond acceptors (Lipinski definition) is 3. The zero-order valence-electron chi connectivity index (χ0n) is 11.0. The van der Waals surface area contributed by atoms with Crippen LogP contribution in [0.3, 0.4) is 0 Å². The van der Waals surface area contributed by atoms with Crippen molar-refractivity contribution in [3.8, 4) is 5.75 Å². The molecule has 0 bridgehead atoms. The molecule has 1 heterocycles. The Labute approximate surface area is 109 Å². The van der Waals surface area contributed by atoms with Crippen LogP contribution in [0, 0.1) is 0 Å². The molecule has 0 amide bonds. The minimum Gasteiger partial charge on any atom is -0.493 e. The second-order valence-electron chi connectivity index (χ2n) is 4.87. The molecule has 0 radical (unpaired) electrons. The summed E-state index contributed by atoms with van der Waals surface area (Å²) in [6, 6.07) is 7.69. The van der Waals surface area contributed by atoms with Crippen molar-refractivity contribution in [1.82, 2.24) is 4.90 Å². The van der Waals surface area contributed by atoms with E-state index in [-0.39, 0.29) is 6.61 Å². The Kier molecular flexibility index (Phi) is 5.49. The Bertz CT molecular complexity index is 348. The molecule has 1 N–H and O–H groups in total. The lowest BCUT2D eigenvalue weighted by Gasteiger charge is -2.26. The van der Waals surface area contributed by atoms with Crippen molar-refractivity contribution in [2.75, 3.05) is 26.2 Å². The van der Waals surface area contributed by atoms with Crippen LogP contribution in [-0.2, 0) is 6.61 Å². The number of piperidine rings is 1. The molecule has 3 nitrogen and oxygen atoms in total. The van der Waals surface area contributed by atoms with Gasteiger partial charge in [0.2, 0.25) is 0 Å². The first-order valence-corrected chi connectivity index (χ1v) is 6.94. The van der Waals surface area contributed by atoms with Crippen molar-refractivity contribution < 1.29 is 9.84 Å². The summed E-state index contributed by atoms with van der Waals surface area (Å²) in [7, 11) is 0. The predicted octanol–water partition coefficient (Wildman–Crippen LogP) is 2.43. The molecule has 18 heavy (non-hydrogen) atoms. The molecule has 0 atom stereocenters. The molecule has 2 rings (SSSR count). The van der Waals surface area contributed by atoms with Gasteiger partial charge in [0.15, 0.2) is 0 Å². The van der Waals surface area contributed by atoms with E-state index >= 15 is 0 Å². The summed E-state index contributed by atoms with van der Waals surface area (Å²) >= 11 is 0. The SMILES string of the molecule is OCc1ccccc1OCCCN1CCCCC1. The van der Waals surface area contributed by atoms with Gasteiger partial charge in [-0.15, -0.1) is 0 Å². The van der Waals surface area contributed by atoms with Gasteiger partial charge in [0.05, 0.1) is 13.2 Å². The average Bonchev–Trinajstić information content (AvgIpc) is 2.45. The summed E-state index contributed by atoms with van der Waals surface area (Å²) in [5.41, 5.74) is 0.871. The number of rotatable bonds is 6. The van der Waals surface area contributed by atoms with Crippen LogP contribution in [0.2, 0.25) is 0 Å². The van der Waals surface area contributed by atoms with E-state index in [1.165, 1.54) is 32.4 Å². The van der Waals surface area contributed by atoms with Gasteiger partial charge in [0, 0.05) is 12.1 Å². The van der Waals surface area contributed by atoms with Crippen LogP contribution in [0.25, 0.3) is 0 Å². The summed E-state index contributed by atoms with van der Waals surface area (Å²) in [6.45, 7) is 4.39. The highest BCUT2D eigenvalue weighted by Crippen LogP contribution is 2.18. The highest BCUT2D eigenvalue weighted by Gasteiger charge is 2.09. The fourth-order valence-corrected chi connectivity index (χ4v) is 2.43. The summed E-state index contributed by atoms with van der Waals surface area (Å²) in [5, 5.41) is 9.19. The molecule has 0 aliphatic carbocycles. The summed E-state index contributed by atoms with van der Waals surface area (Å²) in [6.07, 6.45) is 5.12. The van der Waals surface area contributed by atoms with Crippen LogP contribution in [-0.4, -0.2) is 36.2 Å². The minimum atomic E-state index is 0.0439. The molecule has 1 fully saturated rings. The smallest absolute Gasteiger partial charge is 0.124 e. The first-order chi connectivity index (χ1) is 8.90. The molecule has 0 aromatic heterocycles. The van der Waals surface area contributed by atoms with Crippen molar-refractivity contribution in [1.29, 1.82) is 0 Å². The number of nitrogens with zero attached hydrogens (tertiary/aromatic N) is 1. The molecule has 0 unspecified atom stereocenters. The van der Waals surface area contributed by atoms with Crippen LogP contribution >= 0.6 is 0 Å². The molecule has 1 aromatic carbocycles. The fourth-order valence-electron chi connectivity index (χ4n) is 2.43. The lowest BCUT2D eigenvalue weighted by Crippen LogP contribution is -2.31. The quantitative estimate of drug-likeness (QED) is 0.786. The number of para-hydroxylation sites is 1. The van der Waals surface area contributed by atoms with Crippen molar-refractivity contribution in [2.45, 2.75) is 32.3 Å². The summed E-state index contributed by atoms with van der Waals surface area (Å²) in [5.74, 6) is 0.818. The number of benzene rings is 1. The standard InChI is InChI=1S/C15H23NO2/c17-13-14-7-2-3-8-15(14)18-12-6-11-16-9-4-1-5-10-16/h2-3,7-8,17H,1,4-6,9-13H2. The van der Waals surface area contributed by atoms with Gasteiger partial charge in [0.1, 0.15) is 5.75 Å². The van der Waals surface area contributed by atoms with Crippen LogP contribution in [0.15, 0.2) is 24.3 Å². The lowest BCUT2D eigenvalue weighted by atomic mass is 10.1. The topological polar surface area (TPSA) is 32.7 Å². The molecule has 0 saturated carbocycles. The molecule has 3 heteroatoms. The molecule has 0 spiro atoms. The van der Waals surface area contributed by atoms with E-state index in [2.05, 4.69) is 4.90 Å². The maximum absolute atomic E-state index is 9.19. The highest BCUT2D eigenvalue weighted by atomic mass is 16.5. The number of likely N-dealkylation sites (tertiary alicyclic amines) is 1. The normalized spacial score (nSPS) is 16.7. The Morgan fingerprint density at radius 3 is 2.67 bits per heavy atom. The van der Waals surface area contributed by atoms with E-state index in [1.54, 1.807) is 0 Å².